The molecule has 106 valence electrons. The van der Waals surface area contributed by atoms with Gasteiger partial charge in [0, 0.05) is 35.8 Å². The fraction of sp³-hybridized carbons (Fsp3) is 0.600. The van der Waals surface area contributed by atoms with Crippen LogP contribution in [-0.4, -0.2) is 30.1 Å². The van der Waals surface area contributed by atoms with Crippen LogP contribution < -0.4 is 10.2 Å². The highest BCUT2D eigenvalue weighted by Crippen LogP contribution is 2.29. The molecule has 1 saturated heterocycles. The van der Waals surface area contributed by atoms with Crippen molar-refractivity contribution in [1.82, 2.24) is 5.32 Å². The summed E-state index contributed by atoms with van der Waals surface area (Å²) in [4.78, 5) is 2.31. The highest BCUT2D eigenvalue weighted by Gasteiger charge is 2.22. The summed E-state index contributed by atoms with van der Waals surface area (Å²) in [5.74, 6) is -0.135. The van der Waals surface area contributed by atoms with Gasteiger partial charge in [0.05, 0.1) is 0 Å². The number of rotatable bonds is 4. The molecular formula is C15H23FN2S. The van der Waals surface area contributed by atoms with Gasteiger partial charge in [-0.25, -0.2) is 4.39 Å². The molecule has 1 fully saturated rings. The number of anilines is 1. The van der Waals surface area contributed by atoms with Crippen molar-refractivity contribution in [2.45, 2.75) is 37.8 Å². The number of hydrogen-bond donors (Lipinski definition) is 1. The lowest BCUT2D eigenvalue weighted by Gasteiger charge is -2.36. The van der Waals surface area contributed by atoms with Crippen LogP contribution in [-0.2, 0) is 6.54 Å². The van der Waals surface area contributed by atoms with E-state index in [1.54, 1.807) is 12.1 Å². The summed E-state index contributed by atoms with van der Waals surface area (Å²) < 4.78 is 13.7. The normalized spacial score (nSPS) is 23.7. The van der Waals surface area contributed by atoms with E-state index in [0.29, 0.717) is 10.5 Å². The molecule has 2 atom stereocenters. The van der Waals surface area contributed by atoms with Crippen molar-refractivity contribution in [3.05, 3.63) is 29.6 Å². The van der Waals surface area contributed by atoms with E-state index in [1.165, 1.54) is 0 Å². The topological polar surface area (TPSA) is 15.3 Å². The Hall–Kier alpha value is -0.740. The van der Waals surface area contributed by atoms with Crippen LogP contribution in [0.1, 0.15) is 26.3 Å². The minimum atomic E-state index is -0.135. The third-order valence-corrected chi connectivity index (χ3v) is 4.53. The van der Waals surface area contributed by atoms with Crippen molar-refractivity contribution in [2.24, 2.45) is 0 Å². The number of hydrogen-bond acceptors (Lipinski definition) is 3. The number of halogens is 1. The van der Waals surface area contributed by atoms with Gasteiger partial charge in [-0.05, 0) is 30.3 Å². The number of nitrogens with zero attached hydrogens (tertiary/aromatic N) is 1. The fourth-order valence-corrected chi connectivity index (χ4v) is 3.90. The largest absolute Gasteiger partial charge is 0.369 e. The van der Waals surface area contributed by atoms with E-state index in [9.17, 15) is 4.39 Å². The van der Waals surface area contributed by atoms with E-state index >= 15 is 0 Å². The molecule has 0 aliphatic carbocycles. The lowest BCUT2D eigenvalue weighted by molar-refractivity contribution is 0.619. The Bertz CT molecular complexity index is 415. The van der Waals surface area contributed by atoms with Crippen molar-refractivity contribution < 1.29 is 4.39 Å². The zero-order valence-corrected chi connectivity index (χ0v) is 12.8. The first kappa shape index (κ1) is 14.7. The Labute approximate surface area is 119 Å². The van der Waals surface area contributed by atoms with E-state index in [2.05, 4.69) is 37.1 Å². The fourth-order valence-electron chi connectivity index (χ4n) is 2.58. The lowest BCUT2D eigenvalue weighted by Crippen LogP contribution is -2.40. The molecule has 0 aromatic heterocycles. The van der Waals surface area contributed by atoms with Crippen LogP contribution in [0.25, 0.3) is 0 Å². The van der Waals surface area contributed by atoms with Gasteiger partial charge in [0.1, 0.15) is 5.82 Å². The van der Waals surface area contributed by atoms with E-state index in [0.717, 1.165) is 37.4 Å². The summed E-state index contributed by atoms with van der Waals surface area (Å²) in [6.07, 6.45) is 0. The minimum absolute atomic E-state index is 0.135. The molecule has 1 aliphatic rings. The van der Waals surface area contributed by atoms with Crippen molar-refractivity contribution in [3.8, 4) is 0 Å². The molecule has 0 saturated carbocycles. The van der Waals surface area contributed by atoms with Crippen LogP contribution in [0.15, 0.2) is 18.2 Å². The molecule has 2 nitrogen and oxygen atoms in total. The van der Waals surface area contributed by atoms with Crippen LogP contribution in [0.4, 0.5) is 10.1 Å². The Kier molecular flexibility index (Phi) is 5.11. The summed E-state index contributed by atoms with van der Waals surface area (Å²) in [6, 6.07) is 5.39. The summed E-state index contributed by atoms with van der Waals surface area (Å²) >= 11 is 2.01. The average molecular weight is 282 g/mol. The van der Waals surface area contributed by atoms with Gasteiger partial charge in [-0.2, -0.15) is 11.8 Å². The third kappa shape index (κ3) is 4.11. The van der Waals surface area contributed by atoms with Gasteiger partial charge in [0.15, 0.2) is 0 Å². The number of benzene rings is 1. The molecular weight excluding hydrogens is 259 g/mol. The second kappa shape index (κ2) is 6.62. The molecule has 1 N–H and O–H groups in total. The molecule has 0 amide bonds. The SMILES string of the molecule is CCNCc1cc(F)cc(N2CC(C)SC(C)C2)c1. The van der Waals surface area contributed by atoms with Crippen LogP contribution in [0, 0.1) is 5.82 Å². The predicted molar refractivity (Wildman–Crippen MR) is 82.5 cm³/mol. The maximum absolute atomic E-state index is 13.7. The molecule has 4 heteroatoms. The Morgan fingerprint density at radius 2 is 1.95 bits per heavy atom. The lowest BCUT2D eigenvalue weighted by atomic mass is 10.1. The minimum Gasteiger partial charge on any atom is -0.369 e. The second-order valence-electron chi connectivity index (χ2n) is 5.26. The zero-order valence-electron chi connectivity index (χ0n) is 11.9. The molecule has 0 spiro atoms. The smallest absolute Gasteiger partial charge is 0.125 e. The first-order valence-corrected chi connectivity index (χ1v) is 7.93. The van der Waals surface area contributed by atoms with Gasteiger partial charge in [0.25, 0.3) is 0 Å². The maximum Gasteiger partial charge on any atom is 0.125 e. The quantitative estimate of drug-likeness (QED) is 0.912. The van der Waals surface area contributed by atoms with Crippen molar-refractivity contribution >= 4 is 17.4 Å². The Morgan fingerprint density at radius 3 is 2.58 bits per heavy atom. The van der Waals surface area contributed by atoms with Crippen LogP contribution in [0.5, 0.6) is 0 Å². The molecule has 2 rings (SSSR count). The number of thioether (sulfide) groups is 1. The highest BCUT2D eigenvalue weighted by atomic mass is 32.2. The molecule has 1 aromatic rings. The second-order valence-corrected chi connectivity index (χ2v) is 7.14. The number of nitrogens with one attached hydrogen (secondary N) is 1. The van der Waals surface area contributed by atoms with E-state index in [-0.39, 0.29) is 5.82 Å². The highest BCUT2D eigenvalue weighted by molar-refractivity contribution is 8.00. The zero-order chi connectivity index (χ0) is 13.8. The molecule has 1 aliphatic heterocycles. The van der Waals surface area contributed by atoms with Crippen molar-refractivity contribution in [1.29, 1.82) is 0 Å². The molecule has 2 unspecified atom stereocenters. The van der Waals surface area contributed by atoms with Gasteiger partial charge in [-0.3, -0.25) is 0 Å². The van der Waals surface area contributed by atoms with E-state index in [4.69, 9.17) is 0 Å². The Balaban J connectivity index is 2.16. The van der Waals surface area contributed by atoms with Crippen molar-refractivity contribution in [2.75, 3.05) is 24.5 Å². The summed E-state index contributed by atoms with van der Waals surface area (Å²) in [5, 5.41) is 4.45. The van der Waals surface area contributed by atoms with E-state index < -0.39 is 0 Å². The summed E-state index contributed by atoms with van der Waals surface area (Å²) in [6.45, 7) is 10.2. The maximum atomic E-state index is 13.7. The van der Waals surface area contributed by atoms with Gasteiger partial charge in [-0.15, -0.1) is 0 Å². The average Bonchev–Trinajstić information content (AvgIpc) is 2.34. The van der Waals surface area contributed by atoms with Crippen LogP contribution in [0.2, 0.25) is 0 Å². The van der Waals surface area contributed by atoms with Gasteiger partial charge >= 0.3 is 0 Å². The van der Waals surface area contributed by atoms with E-state index in [1.807, 2.05) is 11.8 Å². The Morgan fingerprint density at radius 1 is 1.26 bits per heavy atom. The van der Waals surface area contributed by atoms with Crippen LogP contribution in [0.3, 0.4) is 0 Å². The molecule has 0 radical (unpaired) electrons. The summed E-state index contributed by atoms with van der Waals surface area (Å²) in [7, 11) is 0. The van der Waals surface area contributed by atoms with Crippen LogP contribution >= 0.6 is 11.8 Å². The molecule has 0 bridgehead atoms. The monoisotopic (exact) mass is 282 g/mol. The van der Waals surface area contributed by atoms with Gasteiger partial charge in [0.2, 0.25) is 0 Å². The summed E-state index contributed by atoms with van der Waals surface area (Å²) in [5.41, 5.74) is 2.04. The van der Waals surface area contributed by atoms with Gasteiger partial charge in [-0.1, -0.05) is 20.8 Å². The van der Waals surface area contributed by atoms with Crippen molar-refractivity contribution in [3.63, 3.8) is 0 Å². The molecule has 1 heterocycles. The molecule has 1 aromatic carbocycles. The standard InChI is InChI=1S/C15H23FN2S/c1-4-17-8-13-5-14(16)7-15(6-13)18-9-11(2)19-12(3)10-18/h5-7,11-12,17H,4,8-10H2,1-3H3. The third-order valence-electron chi connectivity index (χ3n) is 3.31. The first-order chi connectivity index (χ1) is 9.08. The predicted octanol–water partition coefficient (Wildman–Crippen LogP) is 3.27. The van der Waals surface area contributed by atoms with Gasteiger partial charge < -0.3 is 10.2 Å². The first-order valence-electron chi connectivity index (χ1n) is 6.99. The molecule has 19 heavy (non-hydrogen) atoms.